The summed E-state index contributed by atoms with van der Waals surface area (Å²) in [7, 11) is -0.423. The average Bonchev–Trinajstić information content (AvgIpc) is 2.81. The third-order valence-corrected chi connectivity index (χ3v) is 4.03. The van der Waals surface area contributed by atoms with E-state index in [0.717, 1.165) is 11.5 Å². The van der Waals surface area contributed by atoms with Gasteiger partial charge in [-0.2, -0.15) is 0 Å². The number of aromatic nitrogens is 1. The minimum absolute atomic E-state index is 0. The van der Waals surface area contributed by atoms with Crippen LogP contribution in [0.3, 0.4) is 0 Å². The topological polar surface area (TPSA) is 30.0 Å². The molecule has 22 heavy (non-hydrogen) atoms. The van der Waals surface area contributed by atoms with Crippen molar-refractivity contribution in [1.29, 1.82) is 0 Å². The molecule has 9 heteroatoms. The Kier molecular flexibility index (Phi) is 32.6. The summed E-state index contributed by atoms with van der Waals surface area (Å²) in [4.78, 5) is 4.01. The molecule has 2 nitrogen and oxygen atoms in total. The first-order valence-corrected chi connectivity index (χ1v) is 6.99. The van der Waals surface area contributed by atoms with E-state index in [0.29, 0.717) is 0 Å². The summed E-state index contributed by atoms with van der Waals surface area (Å²) < 4.78 is 10.4. The van der Waals surface area contributed by atoms with Crippen LogP contribution in [0.5, 0.6) is 0 Å². The maximum absolute atomic E-state index is 10.4. The second-order valence-corrected chi connectivity index (χ2v) is 5.47. The number of rotatable bonds is 0. The number of hydrogen-bond donors (Lipinski definition) is 0. The van der Waals surface area contributed by atoms with Gasteiger partial charge in [-0.1, -0.05) is 24.3 Å². The third kappa shape index (κ3) is 12.9. The summed E-state index contributed by atoms with van der Waals surface area (Å²) in [6.07, 6.45) is 6.05. The molecule has 0 bridgehead atoms. The summed E-state index contributed by atoms with van der Waals surface area (Å²) in [5.74, 6) is 1.92. The van der Waals surface area contributed by atoms with Gasteiger partial charge in [-0.25, -0.2) is 0 Å². The zero-order valence-electron chi connectivity index (χ0n) is 12.0. The van der Waals surface area contributed by atoms with Crippen LogP contribution < -0.4 is 79.2 Å². The molecule has 0 atom stereocenters. The van der Waals surface area contributed by atoms with Crippen LogP contribution in [0.15, 0.2) is 42.7 Å². The van der Waals surface area contributed by atoms with Crippen LogP contribution in [0.25, 0.3) is 10.8 Å². The van der Waals surface area contributed by atoms with Gasteiger partial charge in [-0.3, -0.25) is 9.19 Å². The predicted octanol–water partition coefficient (Wildman–Crippen LogP) is -12.2. The van der Waals surface area contributed by atoms with E-state index in [-0.39, 0.29) is 98.7 Å². The number of pyridine rings is 1. The zero-order chi connectivity index (χ0) is 11.2. The molecule has 1 aliphatic heterocycles. The normalized spacial score (nSPS) is 11.5. The molecule has 1 aromatic carbocycles. The van der Waals surface area contributed by atoms with Gasteiger partial charge in [0.25, 0.3) is 0 Å². The minimum atomic E-state index is -0.423. The van der Waals surface area contributed by atoms with Gasteiger partial charge in [0.2, 0.25) is 0 Å². The summed E-state index contributed by atoms with van der Waals surface area (Å²) >= 11 is 0. The summed E-state index contributed by atoms with van der Waals surface area (Å²) in [6, 6.07) is 10.2. The van der Waals surface area contributed by atoms with E-state index < -0.39 is 10.8 Å². The van der Waals surface area contributed by atoms with E-state index in [2.05, 4.69) is 17.1 Å². The van der Waals surface area contributed by atoms with Crippen LogP contribution in [-0.2, 0) is 30.3 Å². The maximum atomic E-state index is 10.4. The number of nitrogens with zero attached hydrogens (tertiary/aromatic N) is 1. The van der Waals surface area contributed by atoms with Gasteiger partial charge >= 0.3 is 49.0 Å². The van der Waals surface area contributed by atoms with Crippen LogP contribution in [0.2, 0.25) is 0 Å². The Bertz CT molecular complexity index is 437. The number of halogens is 4. The first kappa shape index (κ1) is 34.8. The van der Waals surface area contributed by atoms with Gasteiger partial charge < -0.3 is 49.6 Å². The van der Waals surface area contributed by atoms with Gasteiger partial charge in [0.1, 0.15) is 0 Å². The largest absolute Gasteiger partial charge is 3.00 e. The molecule has 2 heterocycles. The molecule has 1 aromatic heterocycles. The van der Waals surface area contributed by atoms with Crippen molar-refractivity contribution in [2.24, 2.45) is 0 Å². The van der Waals surface area contributed by atoms with Crippen LogP contribution in [0, 0.1) is 0 Å². The van der Waals surface area contributed by atoms with Crippen molar-refractivity contribution in [1.82, 2.24) is 4.98 Å². The summed E-state index contributed by atoms with van der Waals surface area (Å²) in [5, 5.41) is 2.45. The molecule has 0 amide bonds. The van der Waals surface area contributed by atoms with Crippen molar-refractivity contribution in [2.45, 2.75) is 12.8 Å². The Hall–Kier alpha value is 1.56. The SMILES string of the molecule is O=S1CCCC1.[Cl-].[Cl-].[Cl-].[Cl-].[Na+].[Ru+3].c1ccc2cnccc2c1. The van der Waals surface area contributed by atoms with E-state index in [4.69, 9.17) is 0 Å². The fraction of sp³-hybridized carbons (Fsp3) is 0.308. The third-order valence-electron chi connectivity index (χ3n) is 2.54. The first-order valence-electron chi connectivity index (χ1n) is 5.50. The maximum Gasteiger partial charge on any atom is 3.00 e. The summed E-state index contributed by atoms with van der Waals surface area (Å²) in [6.45, 7) is 0. The monoisotopic (exact) mass is 498 g/mol. The molecule has 1 saturated heterocycles. The van der Waals surface area contributed by atoms with Crippen molar-refractivity contribution in [3.8, 4) is 0 Å². The van der Waals surface area contributed by atoms with Crippen molar-refractivity contribution < 1.29 is 103 Å². The van der Waals surface area contributed by atoms with Crippen molar-refractivity contribution >= 4 is 21.6 Å². The van der Waals surface area contributed by atoms with Gasteiger partial charge in [0, 0.05) is 34.7 Å². The quantitative estimate of drug-likeness (QED) is 0.338. The smallest absolute Gasteiger partial charge is 1.00 e. The molecular weight excluding hydrogens is 484 g/mol. The van der Waals surface area contributed by atoms with E-state index in [1.54, 1.807) is 0 Å². The predicted molar refractivity (Wildman–Crippen MR) is 68.9 cm³/mol. The molecule has 3 rings (SSSR count). The fourth-order valence-corrected chi connectivity index (χ4v) is 2.91. The number of benzene rings is 1. The molecule has 1 radical (unpaired) electrons. The molecule has 0 unspecified atom stereocenters. The molecule has 0 aliphatic carbocycles. The molecule has 121 valence electrons. The minimum Gasteiger partial charge on any atom is -1.00 e. The van der Waals surface area contributed by atoms with Gasteiger partial charge in [-0.15, -0.1) is 0 Å². The Balaban J connectivity index is -0.0000000732. The molecule has 2 aromatic rings. The van der Waals surface area contributed by atoms with Crippen LogP contribution in [-0.4, -0.2) is 20.7 Å². The fourth-order valence-electron chi connectivity index (χ4n) is 1.66. The average molecular weight is 499 g/mol. The van der Waals surface area contributed by atoms with Gasteiger partial charge in [0.05, 0.1) is 0 Å². The second kappa shape index (κ2) is 20.6. The molecule has 1 aliphatic rings. The second-order valence-electron chi connectivity index (χ2n) is 3.78. The molecule has 0 N–H and O–H groups in total. The van der Waals surface area contributed by atoms with E-state index in [1.165, 1.54) is 23.6 Å². The van der Waals surface area contributed by atoms with Crippen molar-refractivity contribution in [3.63, 3.8) is 0 Å². The van der Waals surface area contributed by atoms with E-state index in [1.807, 2.05) is 30.6 Å². The Morgan fingerprint density at radius 3 is 1.77 bits per heavy atom. The Morgan fingerprint density at radius 1 is 0.864 bits per heavy atom. The van der Waals surface area contributed by atoms with Gasteiger partial charge in [-0.05, 0) is 29.7 Å². The molecule has 1 fully saturated rings. The van der Waals surface area contributed by atoms with Crippen molar-refractivity contribution in [3.05, 3.63) is 42.7 Å². The Labute approximate surface area is 194 Å². The van der Waals surface area contributed by atoms with Gasteiger partial charge in [0.15, 0.2) is 0 Å². The standard InChI is InChI=1S/C9H7N.C4H8OS.4ClH.Na.Ru/c1-2-4-9-7-10-6-5-8(9)3-1;5-6-3-1-2-4-6;;;;;;/h1-7H;1-4H2;4*1H;;/q;;;;;;+1;+3/p-4. The van der Waals surface area contributed by atoms with Crippen LogP contribution in [0.1, 0.15) is 12.8 Å². The van der Waals surface area contributed by atoms with Crippen molar-refractivity contribution in [2.75, 3.05) is 11.5 Å². The first-order chi connectivity index (χ1) is 7.86. The number of hydrogen-bond acceptors (Lipinski definition) is 2. The molecule has 0 spiro atoms. The molecule has 0 saturated carbocycles. The Morgan fingerprint density at radius 2 is 1.36 bits per heavy atom. The summed E-state index contributed by atoms with van der Waals surface area (Å²) in [5.41, 5.74) is 0. The molecular formula is C13H15Cl4NNaORuS. The van der Waals surface area contributed by atoms with Crippen LogP contribution in [0.4, 0.5) is 0 Å². The van der Waals surface area contributed by atoms with Crippen LogP contribution >= 0.6 is 0 Å². The van der Waals surface area contributed by atoms with E-state index >= 15 is 0 Å². The number of fused-ring (bicyclic) bond motifs is 1. The zero-order valence-corrected chi connectivity index (χ0v) is 19.6. The van der Waals surface area contributed by atoms with E-state index in [9.17, 15) is 4.21 Å².